The Hall–Kier alpha value is -3.70. The number of aromatic nitrogens is 2. The average Bonchev–Trinajstić information content (AvgIpc) is 3.02. The van der Waals surface area contributed by atoms with Crippen LogP contribution in [0.1, 0.15) is 48.3 Å². The molecule has 44 heavy (non-hydrogen) atoms. The van der Waals surface area contributed by atoms with Crippen LogP contribution < -0.4 is 14.9 Å². The van der Waals surface area contributed by atoms with E-state index in [1.165, 1.54) is 18.2 Å². The fourth-order valence-electron chi connectivity index (χ4n) is 5.99. The number of hydrogen-bond acceptors (Lipinski definition) is 6. The molecule has 0 radical (unpaired) electrons. The van der Waals surface area contributed by atoms with E-state index < -0.39 is 33.4 Å². The van der Waals surface area contributed by atoms with Crippen LogP contribution in [0.4, 0.5) is 24.9 Å². The van der Waals surface area contributed by atoms with E-state index in [0.29, 0.717) is 17.4 Å². The molecule has 1 aromatic heterocycles. The Morgan fingerprint density at radius 2 is 1.45 bits per heavy atom. The first-order valence-corrected chi connectivity index (χ1v) is 16.5. The summed E-state index contributed by atoms with van der Waals surface area (Å²) in [6.45, 7) is 0.992. The van der Waals surface area contributed by atoms with Crippen molar-refractivity contribution >= 4 is 32.7 Å². The zero-order valence-electron chi connectivity index (χ0n) is 24.9. The van der Waals surface area contributed by atoms with Crippen LogP contribution in [0.3, 0.4) is 0 Å². The molecule has 4 aromatic rings. The van der Waals surface area contributed by atoms with Crippen LogP contribution in [-0.4, -0.2) is 51.3 Å². The summed E-state index contributed by atoms with van der Waals surface area (Å²) in [6.07, 6.45) is -1.02. The molecular formula is C33H38F3N5O2S. The van der Waals surface area contributed by atoms with E-state index in [9.17, 15) is 21.6 Å². The van der Waals surface area contributed by atoms with Crippen molar-refractivity contribution in [1.29, 1.82) is 0 Å². The molecule has 0 saturated heterocycles. The van der Waals surface area contributed by atoms with Crippen molar-refractivity contribution in [2.45, 2.75) is 37.8 Å². The number of hydrogen-bond donors (Lipinski definition) is 2. The van der Waals surface area contributed by atoms with Gasteiger partial charge in [0, 0.05) is 38.5 Å². The Morgan fingerprint density at radius 3 is 2.14 bits per heavy atom. The summed E-state index contributed by atoms with van der Waals surface area (Å²) in [4.78, 5) is 11.3. The Bertz CT molecular complexity index is 1660. The van der Waals surface area contributed by atoms with Crippen LogP contribution in [0.2, 0.25) is 0 Å². The van der Waals surface area contributed by atoms with E-state index >= 15 is 0 Å². The topological polar surface area (TPSA) is 87.2 Å². The van der Waals surface area contributed by atoms with Crippen LogP contribution in [0, 0.1) is 11.8 Å². The second-order valence-electron chi connectivity index (χ2n) is 11.7. The van der Waals surface area contributed by atoms with E-state index in [0.717, 1.165) is 55.0 Å². The van der Waals surface area contributed by atoms with E-state index in [4.69, 9.17) is 4.98 Å². The van der Waals surface area contributed by atoms with E-state index in [1.54, 1.807) is 30.3 Å². The molecule has 0 spiro atoms. The Kier molecular flexibility index (Phi) is 9.75. The van der Waals surface area contributed by atoms with E-state index in [1.807, 2.05) is 43.3 Å². The van der Waals surface area contributed by atoms with Gasteiger partial charge >= 0.3 is 6.18 Å². The summed E-state index contributed by atoms with van der Waals surface area (Å²) in [5.41, 5.74) is 0.539. The lowest BCUT2D eigenvalue weighted by molar-refractivity contribution is -0.138. The first kappa shape index (κ1) is 31.7. The van der Waals surface area contributed by atoms with Gasteiger partial charge in [0.05, 0.1) is 16.8 Å². The molecule has 7 nitrogen and oxygen atoms in total. The van der Waals surface area contributed by atoms with Crippen LogP contribution in [0.25, 0.3) is 10.9 Å². The van der Waals surface area contributed by atoms with E-state index in [2.05, 4.69) is 15.0 Å². The van der Waals surface area contributed by atoms with Gasteiger partial charge in [-0.1, -0.05) is 60.7 Å². The molecule has 1 aliphatic rings. The van der Waals surface area contributed by atoms with Gasteiger partial charge < -0.3 is 10.2 Å². The van der Waals surface area contributed by atoms with Gasteiger partial charge in [-0.15, -0.1) is 0 Å². The monoisotopic (exact) mass is 625 g/mol. The average molecular weight is 626 g/mol. The minimum absolute atomic E-state index is 0.0438. The second-order valence-corrected chi connectivity index (χ2v) is 13.6. The van der Waals surface area contributed by atoms with Crippen molar-refractivity contribution in [3.8, 4) is 0 Å². The number of rotatable bonds is 11. The molecule has 1 saturated carbocycles. The molecule has 2 N–H and O–H groups in total. The van der Waals surface area contributed by atoms with Gasteiger partial charge in [0.1, 0.15) is 5.82 Å². The fraction of sp³-hybridized carbons (Fsp3) is 0.394. The molecule has 1 aliphatic carbocycles. The quantitative estimate of drug-likeness (QED) is 0.193. The number of alkyl halides is 3. The standard InChI is InChI=1S/C33H38F3N5O2S/c1-41(2)31-27-13-7-9-15-30(27)39-32(40-31)37-20-23-16-18-24(19-17-23)21-38-44(42,43)22-28(25-10-4-3-5-11-25)26-12-6-8-14-29(26)33(34,35)36/h3-15,23-24,28,38H,16-22H2,1-2H3,(H,37,39,40)/t23-,24-,28?. The number of para-hydroxylation sites is 1. The van der Waals surface area contributed by atoms with Crippen molar-refractivity contribution in [2.75, 3.05) is 43.2 Å². The fourth-order valence-corrected chi connectivity index (χ4v) is 7.41. The minimum atomic E-state index is -4.59. The highest BCUT2D eigenvalue weighted by molar-refractivity contribution is 7.89. The third-order valence-electron chi connectivity index (χ3n) is 8.34. The molecule has 0 amide bonds. The summed E-state index contributed by atoms with van der Waals surface area (Å²) >= 11 is 0. The Balaban J connectivity index is 1.18. The molecule has 1 unspecified atom stereocenters. The lowest BCUT2D eigenvalue weighted by atomic mass is 9.82. The van der Waals surface area contributed by atoms with Gasteiger partial charge in [0.2, 0.25) is 16.0 Å². The third kappa shape index (κ3) is 7.87. The van der Waals surface area contributed by atoms with Crippen LogP contribution in [-0.2, 0) is 16.2 Å². The number of sulfonamides is 1. The first-order valence-electron chi connectivity index (χ1n) is 14.9. The zero-order chi connectivity index (χ0) is 31.3. The SMILES string of the molecule is CN(C)c1nc(NC[C@H]2CC[C@H](CNS(=O)(=O)CC(c3ccccc3)c3ccccc3C(F)(F)F)CC2)nc2ccccc12. The highest BCUT2D eigenvalue weighted by Gasteiger charge is 2.36. The van der Waals surface area contributed by atoms with Crippen molar-refractivity contribution in [3.05, 3.63) is 95.6 Å². The van der Waals surface area contributed by atoms with Gasteiger partial charge in [-0.2, -0.15) is 18.2 Å². The second kappa shape index (κ2) is 13.5. The van der Waals surface area contributed by atoms with Gasteiger partial charge in [-0.3, -0.25) is 0 Å². The lowest BCUT2D eigenvalue weighted by Crippen LogP contribution is -2.35. The molecule has 1 heterocycles. The summed E-state index contributed by atoms with van der Waals surface area (Å²) in [5.74, 6) is 0.578. The maximum atomic E-state index is 13.9. The zero-order valence-corrected chi connectivity index (χ0v) is 25.7. The predicted molar refractivity (Wildman–Crippen MR) is 169 cm³/mol. The summed E-state index contributed by atoms with van der Waals surface area (Å²) in [7, 11) is 0.0335. The highest BCUT2D eigenvalue weighted by Crippen LogP contribution is 2.38. The van der Waals surface area contributed by atoms with Gasteiger partial charge in [0.25, 0.3) is 0 Å². The molecular weight excluding hydrogens is 587 g/mol. The number of nitrogens with zero attached hydrogens (tertiary/aromatic N) is 3. The number of nitrogens with one attached hydrogen (secondary N) is 2. The van der Waals surface area contributed by atoms with Crippen LogP contribution in [0.5, 0.6) is 0 Å². The van der Waals surface area contributed by atoms with Crippen molar-refractivity contribution < 1.29 is 21.6 Å². The first-order chi connectivity index (χ1) is 21.0. The molecule has 1 fully saturated rings. The third-order valence-corrected chi connectivity index (χ3v) is 9.72. The number of fused-ring (bicyclic) bond motifs is 1. The molecule has 0 aliphatic heterocycles. The highest BCUT2D eigenvalue weighted by atomic mass is 32.2. The van der Waals surface area contributed by atoms with Crippen LogP contribution >= 0.6 is 0 Å². The van der Waals surface area contributed by atoms with Crippen LogP contribution in [0.15, 0.2) is 78.9 Å². The van der Waals surface area contributed by atoms with Crippen molar-refractivity contribution in [1.82, 2.24) is 14.7 Å². The normalized spacial score (nSPS) is 18.2. The van der Waals surface area contributed by atoms with Gasteiger partial charge in [-0.25, -0.2) is 18.1 Å². The molecule has 0 bridgehead atoms. The van der Waals surface area contributed by atoms with E-state index in [-0.39, 0.29) is 18.0 Å². The molecule has 3 aromatic carbocycles. The maximum Gasteiger partial charge on any atom is 0.416 e. The maximum absolute atomic E-state index is 13.9. The molecule has 234 valence electrons. The van der Waals surface area contributed by atoms with Crippen molar-refractivity contribution in [3.63, 3.8) is 0 Å². The number of halogens is 3. The molecule has 11 heteroatoms. The van der Waals surface area contributed by atoms with Gasteiger partial charge in [-0.05, 0) is 66.8 Å². The summed E-state index contributed by atoms with van der Waals surface area (Å²) < 4.78 is 70.8. The summed E-state index contributed by atoms with van der Waals surface area (Å²) in [6, 6.07) is 21.6. The van der Waals surface area contributed by atoms with Gasteiger partial charge in [0.15, 0.2) is 0 Å². The number of benzene rings is 3. The number of anilines is 2. The molecule has 1 atom stereocenters. The lowest BCUT2D eigenvalue weighted by Gasteiger charge is -2.29. The Morgan fingerprint density at radius 1 is 0.841 bits per heavy atom. The largest absolute Gasteiger partial charge is 0.416 e. The molecule has 5 rings (SSSR count). The smallest absolute Gasteiger partial charge is 0.362 e. The summed E-state index contributed by atoms with van der Waals surface area (Å²) in [5, 5.41) is 4.39. The van der Waals surface area contributed by atoms with Crippen molar-refractivity contribution in [2.24, 2.45) is 11.8 Å². The Labute approximate surface area is 257 Å². The predicted octanol–water partition coefficient (Wildman–Crippen LogP) is 6.68. The minimum Gasteiger partial charge on any atom is -0.362 e.